The second-order valence-corrected chi connectivity index (χ2v) is 4.91. The van der Waals surface area contributed by atoms with Gasteiger partial charge in [-0.2, -0.15) is 0 Å². The van der Waals surface area contributed by atoms with E-state index in [4.69, 9.17) is 16.6 Å². The molecule has 2 rings (SSSR count). The van der Waals surface area contributed by atoms with E-state index in [2.05, 4.69) is 5.32 Å². The smallest absolute Gasteiger partial charge is 0.265 e. The predicted molar refractivity (Wildman–Crippen MR) is 83.2 cm³/mol. The second-order valence-electron chi connectivity index (χ2n) is 4.52. The van der Waals surface area contributed by atoms with Crippen molar-refractivity contribution in [3.63, 3.8) is 0 Å². The number of nitrogens with zero attached hydrogens (tertiary/aromatic N) is 1. The van der Waals surface area contributed by atoms with E-state index >= 15 is 0 Å². The summed E-state index contributed by atoms with van der Waals surface area (Å²) in [5.74, 6) is -0.183. The van der Waals surface area contributed by atoms with E-state index in [1.807, 2.05) is 6.92 Å². The van der Waals surface area contributed by atoms with Gasteiger partial charge in [0.15, 0.2) is 5.11 Å². The molecule has 1 saturated heterocycles. The Kier molecular flexibility index (Phi) is 5.05. The number of nitrogens with one attached hydrogen (secondary N) is 1. The number of carbonyl (C=O) groups excluding carboxylic acids is 2. The maximum Gasteiger partial charge on any atom is 0.265 e. The van der Waals surface area contributed by atoms with Crippen LogP contribution in [0.1, 0.15) is 25.5 Å². The summed E-state index contributed by atoms with van der Waals surface area (Å²) in [5, 5.41) is 2.71. The Bertz CT molecular complexity index is 602. The van der Waals surface area contributed by atoms with Crippen molar-refractivity contribution in [3.8, 4) is 0 Å². The molecule has 2 amide bonds. The van der Waals surface area contributed by atoms with Gasteiger partial charge in [-0.3, -0.25) is 19.8 Å². The average molecular weight is 304 g/mol. The lowest BCUT2D eigenvalue weighted by atomic mass is 10.1. The predicted octanol–water partition coefficient (Wildman–Crippen LogP) is 2.26. The molecule has 6 heteroatoms. The molecule has 0 spiro atoms. The number of furan rings is 1. The van der Waals surface area contributed by atoms with Gasteiger partial charge in [0.25, 0.3) is 11.8 Å². The molecule has 0 aliphatic carbocycles. The number of amides is 2. The van der Waals surface area contributed by atoms with Crippen LogP contribution in [0.5, 0.6) is 0 Å². The molecule has 1 N–H and O–H groups in total. The highest BCUT2D eigenvalue weighted by Gasteiger charge is 2.32. The van der Waals surface area contributed by atoms with Crippen molar-refractivity contribution in [1.82, 2.24) is 10.2 Å². The van der Waals surface area contributed by atoms with Gasteiger partial charge in [-0.1, -0.05) is 19.4 Å². The normalized spacial score (nSPS) is 17.9. The van der Waals surface area contributed by atoms with Gasteiger partial charge in [-0.05, 0) is 42.9 Å². The third kappa shape index (κ3) is 3.66. The van der Waals surface area contributed by atoms with Crippen LogP contribution in [0.25, 0.3) is 6.08 Å². The number of hydrogen-bond acceptors (Lipinski definition) is 4. The molecule has 0 unspecified atom stereocenters. The Morgan fingerprint density at radius 2 is 2.24 bits per heavy atom. The zero-order valence-electron chi connectivity index (χ0n) is 11.7. The van der Waals surface area contributed by atoms with Crippen molar-refractivity contribution in [2.24, 2.45) is 0 Å². The maximum absolute atomic E-state index is 12.3. The molecule has 1 aromatic rings. The van der Waals surface area contributed by atoms with Gasteiger partial charge in [-0.15, -0.1) is 0 Å². The molecular weight excluding hydrogens is 288 g/mol. The van der Waals surface area contributed by atoms with Crippen molar-refractivity contribution in [2.75, 3.05) is 6.54 Å². The zero-order chi connectivity index (χ0) is 15.2. The van der Waals surface area contributed by atoms with Gasteiger partial charge in [0.05, 0.1) is 6.26 Å². The highest BCUT2D eigenvalue weighted by Crippen LogP contribution is 2.12. The molecule has 5 nitrogen and oxygen atoms in total. The summed E-state index contributed by atoms with van der Waals surface area (Å²) in [6.45, 7) is 2.53. The Morgan fingerprint density at radius 1 is 1.43 bits per heavy atom. The summed E-state index contributed by atoms with van der Waals surface area (Å²) in [7, 11) is 0. The number of allylic oxidation sites excluding steroid dienone is 2. The van der Waals surface area contributed by atoms with Crippen LogP contribution in [0.15, 0.2) is 40.5 Å². The molecule has 0 radical (unpaired) electrons. The average Bonchev–Trinajstić information content (AvgIpc) is 2.95. The molecule has 1 aliphatic rings. The summed E-state index contributed by atoms with van der Waals surface area (Å²) in [6.07, 6.45) is 8.08. The lowest BCUT2D eigenvalue weighted by Crippen LogP contribution is -2.54. The van der Waals surface area contributed by atoms with Gasteiger partial charge >= 0.3 is 0 Å². The minimum atomic E-state index is -0.471. The van der Waals surface area contributed by atoms with Gasteiger partial charge in [0.1, 0.15) is 11.3 Å². The standard InChI is InChI=1S/C15H16N2O3S/c1-2-3-9-17-14(19)12(13(18)16-15(17)21)8-4-6-11-7-5-10-20-11/h4-8,10H,2-3,9H2,1H3,(H,16,18,21)/b6-4+,12-8-. The van der Waals surface area contributed by atoms with E-state index in [0.717, 1.165) is 12.8 Å². The first-order valence-corrected chi connectivity index (χ1v) is 7.13. The van der Waals surface area contributed by atoms with Crippen molar-refractivity contribution >= 4 is 35.2 Å². The molecule has 110 valence electrons. The first-order chi connectivity index (χ1) is 10.1. The first-order valence-electron chi connectivity index (χ1n) is 6.72. The van der Waals surface area contributed by atoms with Crippen LogP contribution < -0.4 is 5.32 Å². The van der Waals surface area contributed by atoms with Crippen LogP contribution in [-0.4, -0.2) is 28.4 Å². The molecule has 1 aromatic heterocycles. The second kappa shape index (κ2) is 6.99. The number of carbonyl (C=O) groups is 2. The fraction of sp³-hybridized carbons (Fsp3) is 0.267. The minimum absolute atomic E-state index is 0.0718. The zero-order valence-corrected chi connectivity index (χ0v) is 12.5. The van der Waals surface area contributed by atoms with Crippen molar-refractivity contribution in [3.05, 3.63) is 41.9 Å². The molecule has 0 aromatic carbocycles. The Morgan fingerprint density at radius 3 is 2.90 bits per heavy atom. The van der Waals surface area contributed by atoms with Crippen LogP contribution in [0, 0.1) is 0 Å². The molecule has 21 heavy (non-hydrogen) atoms. The third-order valence-corrected chi connectivity index (χ3v) is 3.31. The molecule has 0 atom stereocenters. The number of thiocarbonyl (C=S) groups is 1. The molecule has 2 heterocycles. The van der Waals surface area contributed by atoms with Crippen LogP contribution in [0.3, 0.4) is 0 Å². The number of hydrogen-bond donors (Lipinski definition) is 1. The van der Waals surface area contributed by atoms with Gasteiger partial charge < -0.3 is 4.42 Å². The monoisotopic (exact) mass is 304 g/mol. The Balaban J connectivity index is 2.15. The van der Waals surface area contributed by atoms with Crippen molar-refractivity contribution in [2.45, 2.75) is 19.8 Å². The quantitative estimate of drug-likeness (QED) is 0.515. The molecule has 0 bridgehead atoms. The molecule has 0 saturated carbocycles. The molecular formula is C15H16N2O3S. The Hall–Kier alpha value is -2.21. The van der Waals surface area contributed by atoms with E-state index in [1.165, 1.54) is 11.0 Å². The van der Waals surface area contributed by atoms with Crippen LogP contribution in [0.4, 0.5) is 0 Å². The fourth-order valence-electron chi connectivity index (χ4n) is 1.86. The highest BCUT2D eigenvalue weighted by atomic mass is 32.1. The Labute approximate surface area is 128 Å². The number of rotatable bonds is 5. The van der Waals surface area contributed by atoms with Gasteiger partial charge in [-0.25, -0.2) is 0 Å². The summed E-state index contributed by atoms with van der Waals surface area (Å²) < 4.78 is 5.14. The maximum atomic E-state index is 12.3. The first kappa shape index (κ1) is 15.2. The third-order valence-electron chi connectivity index (χ3n) is 2.99. The lowest BCUT2D eigenvalue weighted by Gasteiger charge is -2.28. The van der Waals surface area contributed by atoms with Gasteiger partial charge in [0, 0.05) is 6.54 Å². The van der Waals surface area contributed by atoms with Gasteiger partial charge in [0.2, 0.25) is 0 Å². The fourth-order valence-corrected chi connectivity index (χ4v) is 2.13. The summed E-state index contributed by atoms with van der Waals surface area (Å²) in [5.41, 5.74) is 0.0718. The van der Waals surface area contributed by atoms with Crippen molar-refractivity contribution < 1.29 is 14.0 Å². The van der Waals surface area contributed by atoms with E-state index in [-0.39, 0.29) is 16.6 Å². The molecule has 1 aliphatic heterocycles. The van der Waals surface area contributed by atoms with Crippen LogP contribution in [0.2, 0.25) is 0 Å². The lowest BCUT2D eigenvalue weighted by molar-refractivity contribution is -0.129. The topological polar surface area (TPSA) is 62.6 Å². The minimum Gasteiger partial charge on any atom is -0.465 e. The van der Waals surface area contributed by atoms with Crippen molar-refractivity contribution in [1.29, 1.82) is 0 Å². The SMILES string of the molecule is CCCCN1C(=O)/C(=C\C=C\c2ccco2)C(=O)NC1=S. The highest BCUT2D eigenvalue weighted by molar-refractivity contribution is 7.80. The van der Waals surface area contributed by atoms with E-state index in [0.29, 0.717) is 12.3 Å². The number of unbranched alkanes of at least 4 members (excludes halogenated alkanes) is 1. The largest absolute Gasteiger partial charge is 0.465 e. The molecule has 1 fully saturated rings. The van der Waals surface area contributed by atoms with E-state index < -0.39 is 5.91 Å². The van der Waals surface area contributed by atoms with E-state index in [9.17, 15) is 9.59 Å². The van der Waals surface area contributed by atoms with Crippen LogP contribution >= 0.6 is 12.2 Å². The summed E-state index contributed by atoms with van der Waals surface area (Å²) >= 11 is 5.04. The van der Waals surface area contributed by atoms with Crippen LogP contribution in [-0.2, 0) is 9.59 Å². The summed E-state index contributed by atoms with van der Waals surface area (Å²) in [4.78, 5) is 25.6. The van der Waals surface area contributed by atoms with E-state index in [1.54, 1.807) is 30.5 Å². The summed E-state index contributed by atoms with van der Waals surface area (Å²) in [6, 6.07) is 3.54.